The first-order valence-corrected chi connectivity index (χ1v) is 7.04. The number of benzene rings is 1. The lowest BCUT2D eigenvalue weighted by Gasteiger charge is -2.12. The van der Waals surface area contributed by atoms with Gasteiger partial charge >= 0.3 is 0 Å². The molecule has 2 heterocycles. The minimum Gasteiger partial charge on any atom is -0.374 e. The molecular formula is C16H19N3O. The van der Waals surface area contributed by atoms with Crippen LogP contribution in [0, 0.1) is 6.92 Å². The van der Waals surface area contributed by atoms with Crippen molar-refractivity contribution >= 4 is 5.69 Å². The summed E-state index contributed by atoms with van der Waals surface area (Å²) in [5.41, 5.74) is 5.15. The van der Waals surface area contributed by atoms with Gasteiger partial charge in [-0.05, 0) is 43.5 Å². The van der Waals surface area contributed by atoms with Gasteiger partial charge in [-0.3, -0.25) is 4.79 Å². The quantitative estimate of drug-likeness (QED) is 0.910. The Bertz CT molecular complexity index is 718. The Labute approximate surface area is 118 Å². The molecule has 0 saturated heterocycles. The molecule has 0 unspecified atom stereocenters. The number of hydrogen-bond donors (Lipinski definition) is 1. The standard InChI is InChI=1S/C16H19N3O/c1-4-13-10(2)16(20)18-15(17-13)12-5-6-14-11(9-12)7-8-19(14)3/h5-6,9H,4,7-8H2,1-3H3,(H,17,18,20). The number of aromatic nitrogens is 2. The maximum absolute atomic E-state index is 12.0. The summed E-state index contributed by atoms with van der Waals surface area (Å²) in [6.07, 6.45) is 1.83. The third kappa shape index (κ3) is 2.01. The van der Waals surface area contributed by atoms with Gasteiger partial charge in [-0.2, -0.15) is 0 Å². The Kier molecular flexibility index (Phi) is 3.08. The van der Waals surface area contributed by atoms with E-state index in [2.05, 4.69) is 34.0 Å². The Morgan fingerprint density at radius 3 is 2.95 bits per heavy atom. The minimum absolute atomic E-state index is 0.0375. The predicted molar refractivity (Wildman–Crippen MR) is 81.4 cm³/mol. The predicted octanol–water partition coefficient (Wildman–Crippen LogP) is 2.30. The molecule has 104 valence electrons. The van der Waals surface area contributed by atoms with Gasteiger partial charge in [0.05, 0.1) is 5.69 Å². The van der Waals surface area contributed by atoms with Crippen LogP contribution >= 0.6 is 0 Å². The molecule has 4 nitrogen and oxygen atoms in total. The molecule has 1 aliphatic rings. The molecule has 1 N–H and O–H groups in total. The van der Waals surface area contributed by atoms with Crippen molar-refractivity contribution in [2.24, 2.45) is 0 Å². The maximum atomic E-state index is 12.0. The van der Waals surface area contributed by atoms with Crippen LogP contribution in [0.15, 0.2) is 23.0 Å². The number of nitrogens with one attached hydrogen (secondary N) is 1. The molecule has 2 aromatic rings. The molecule has 20 heavy (non-hydrogen) atoms. The van der Waals surface area contributed by atoms with Crippen molar-refractivity contribution in [3.05, 3.63) is 45.4 Å². The number of anilines is 1. The van der Waals surface area contributed by atoms with Crippen LogP contribution in [0.25, 0.3) is 11.4 Å². The van der Waals surface area contributed by atoms with E-state index >= 15 is 0 Å². The number of H-pyrrole nitrogens is 1. The Morgan fingerprint density at radius 1 is 1.40 bits per heavy atom. The molecule has 0 atom stereocenters. The average molecular weight is 269 g/mol. The van der Waals surface area contributed by atoms with E-state index in [0.717, 1.165) is 36.2 Å². The molecule has 1 aromatic heterocycles. The number of aromatic amines is 1. The van der Waals surface area contributed by atoms with E-state index in [0.29, 0.717) is 5.82 Å². The molecule has 1 aliphatic heterocycles. The second-order valence-corrected chi connectivity index (χ2v) is 5.35. The second kappa shape index (κ2) is 4.78. The number of fused-ring (bicyclic) bond motifs is 1. The number of aryl methyl sites for hydroxylation is 1. The molecular weight excluding hydrogens is 250 g/mol. The third-order valence-corrected chi connectivity index (χ3v) is 4.07. The van der Waals surface area contributed by atoms with Crippen molar-refractivity contribution in [1.29, 1.82) is 0 Å². The highest BCUT2D eigenvalue weighted by Crippen LogP contribution is 2.30. The van der Waals surface area contributed by atoms with Gasteiger partial charge in [-0.25, -0.2) is 4.98 Å². The maximum Gasteiger partial charge on any atom is 0.254 e. The lowest BCUT2D eigenvalue weighted by molar-refractivity contribution is 0.952. The number of hydrogen-bond acceptors (Lipinski definition) is 3. The zero-order chi connectivity index (χ0) is 14.3. The van der Waals surface area contributed by atoms with E-state index in [4.69, 9.17) is 0 Å². The highest BCUT2D eigenvalue weighted by atomic mass is 16.1. The van der Waals surface area contributed by atoms with Crippen molar-refractivity contribution in [2.45, 2.75) is 26.7 Å². The van der Waals surface area contributed by atoms with Gasteiger partial charge in [0, 0.05) is 30.4 Å². The van der Waals surface area contributed by atoms with Crippen molar-refractivity contribution in [2.75, 3.05) is 18.5 Å². The van der Waals surface area contributed by atoms with Crippen molar-refractivity contribution in [1.82, 2.24) is 9.97 Å². The molecule has 0 bridgehead atoms. The van der Waals surface area contributed by atoms with Crippen LogP contribution in [0.2, 0.25) is 0 Å². The van der Waals surface area contributed by atoms with Crippen molar-refractivity contribution in [3.63, 3.8) is 0 Å². The van der Waals surface area contributed by atoms with Gasteiger partial charge in [-0.1, -0.05) is 6.92 Å². The summed E-state index contributed by atoms with van der Waals surface area (Å²) in [5.74, 6) is 0.676. The van der Waals surface area contributed by atoms with E-state index in [1.165, 1.54) is 11.3 Å². The molecule has 0 radical (unpaired) electrons. The second-order valence-electron chi connectivity index (χ2n) is 5.35. The highest BCUT2D eigenvalue weighted by Gasteiger charge is 2.17. The number of rotatable bonds is 2. The van der Waals surface area contributed by atoms with E-state index < -0.39 is 0 Å². The summed E-state index contributed by atoms with van der Waals surface area (Å²) in [7, 11) is 2.10. The first kappa shape index (κ1) is 12.9. The summed E-state index contributed by atoms with van der Waals surface area (Å²) < 4.78 is 0. The Balaban J connectivity index is 2.10. The summed E-state index contributed by atoms with van der Waals surface area (Å²) in [6, 6.07) is 6.29. The van der Waals surface area contributed by atoms with Gasteiger partial charge in [0.2, 0.25) is 0 Å². The number of nitrogens with zero attached hydrogens (tertiary/aromatic N) is 2. The largest absolute Gasteiger partial charge is 0.374 e. The van der Waals surface area contributed by atoms with Crippen LogP contribution in [0.5, 0.6) is 0 Å². The van der Waals surface area contributed by atoms with Gasteiger partial charge in [0.15, 0.2) is 0 Å². The first-order chi connectivity index (χ1) is 9.60. The Morgan fingerprint density at radius 2 is 2.20 bits per heavy atom. The monoisotopic (exact) mass is 269 g/mol. The van der Waals surface area contributed by atoms with Crippen LogP contribution in [-0.4, -0.2) is 23.6 Å². The zero-order valence-electron chi connectivity index (χ0n) is 12.2. The average Bonchev–Trinajstić information content (AvgIpc) is 2.83. The fourth-order valence-electron chi connectivity index (χ4n) is 2.77. The van der Waals surface area contributed by atoms with Crippen LogP contribution in [0.4, 0.5) is 5.69 Å². The highest BCUT2D eigenvalue weighted by molar-refractivity contribution is 5.66. The van der Waals surface area contributed by atoms with Crippen LogP contribution in [-0.2, 0) is 12.8 Å². The summed E-state index contributed by atoms with van der Waals surface area (Å²) >= 11 is 0. The normalized spacial score (nSPS) is 13.7. The van der Waals surface area contributed by atoms with Crippen LogP contribution in [0.3, 0.4) is 0 Å². The van der Waals surface area contributed by atoms with Gasteiger partial charge in [0.1, 0.15) is 5.82 Å². The van der Waals surface area contributed by atoms with Gasteiger partial charge < -0.3 is 9.88 Å². The van der Waals surface area contributed by atoms with E-state index in [1.54, 1.807) is 0 Å². The summed E-state index contributed by atoms with van der Waals surface area (Å²) in [4.78, 5) is 21.7. The molecule has 1 aromatic carbocycles. The lowest BCUT2D eigenvalue weighted by Crippen LogP contribution is -2.15. The smallest absolute Gasteiger partial charge is 0.254 e. The molecule has 0 spiro atoms. The molecule has 0 aliphatic carbocycles. The zero-order valence-corrected chi connectivity index (χ0v) is 12.2. The van der Waals surface area contributed by atoms with E-state index in [1.807, 2.05) is 19.9 Å². The van der Waals surface area contributed by atoms with Gasteiger partial charge in [0.25, 0.3) is 5.56 Å². The number of likely N-dealkylation sites (N-methyl/N-ethyl adjacent to an activating group) is 1. The molecule has 3 rings (SSSR count). The minimum atomic E-state index is -0.0375. The van der Waals surface area contributed by atoms with Gasteiger partial charge in [-0.15, -0.1) is 0 Å². The SMILES string of the molecule is CCc1nc(-c2ccc3c(c2)CCN3C)[nH]c(=O)c1C. The van der Waals surface area contributed by atoms with Crippen LogP contribution < -0.4 is 10.5 Å². The van der Waals surface area contributed by atoms with E-state index in [-0.39, 0.29) is 5.56 Å². The van der Waals surface area contributed by atoms with Crippen molar-refractivity contribution < 1.29 is 0 Å². The molecule has 0 fully saturated rings. The fraction of sp³-hybridized carbons (Fsp3) is 0.375. The third-order valence-electron chi connectivity index (χ3n) is 4.07. The molecule has 0 amide bonds. The summed E-state index contributed by atoms with van der Waals surface area (Å²) in [6.45, 7) is 4.90. The van der Waals surface area contributed by atoms with Crippen LogP contribution in [0.1, 0.15) is 23.7 Å². The van der Waals surface area contributed by atoms with Crippen molar-refractivity contribution in [3.8, 4) is 11.4 Å². The molecule has 0 saturated carbocycles. The fourth-order valence-corrected chi connectivity index (χ4v) is 2.77. The van der Waals surface area contributed by atoms with E-state index in [9.17, 15) is 4.79 Å². The topological polar surface area (TPSA) is 49.0 Å². The first-order valence-electron chi connectivity index (χ1n) is 7.04. The Hall–Kier alpha value is -2.10. The molecule has 4 heteroatoms. The summed E-state index contributed by atoms with van der Waals surface area (Å²) in [5, 5.41) is 0. The lowest BCUT2D eigenvalue weighted by atomic mass is 10.1.